The average Bonchev–Trinajstić information content (AvgIpc) is 3.17. The van der Waals surface area contributed by atoms with Gasteiger partial charge in [-0.3, -0.25) is 14.6 Å². The molecule has 0 saturated carbocycles. The molecule has 0 radical (unpaired) electrons. The van der Waals surface area contributed by atoms with E-state index in [0.29, 0.717) is 16.8 Å². The summed E-state index contributed by atoms with van der Waals surface area (Å²) in [6, 6.07) is 34.1. The zero-order chi connectivity index (χ0) is 26.1. The second kappa shape index (κ2) is 10.0. The zero-order valence-corrected chi connectivity index (χ0v) is 20.5. The first kappa shape index (κ1) is 23.8. The fourth-order valence-corrected chi connectivity index (χ4v) is 5.13. The normalized spacial score (nSPS) is 19.6. The number of benzene rings is 4. The molecule has 0 aromatic heterocycles. The van der Waals surface area contributed by atoms with Gasteiger partial charge in [0.2, 0.25) is 5.91 Å². The predicted octanol–water partition coefficient (Wildman–Crippen LogP) is 5.58. The van der Waals surface area contributed by atoms with Gasteiger partial charge in [-0.25, -0.2) is 9.40 Å². The first-order valence-corrected chi connectivity index (χ1v) is 12.5. The Hall–Kier alpha value is -4.62. The van der Waals surface area contributed by atoms with E-state index in [9.17, 15) is 14.0 Å². The van der Waals surface area contributed by atoms with Crippen molar-refractivity contribution < 1.29 is 14.0 Å². The molecule has 1 saturated heterocycles. The van der Waals surface area contributed by atoms with E-state index < -0.39 is 6.17 Å². The topological polar surface area (TPSA) is 56.2 Å². The standard InChI is InChI=1S/C31H25FN4O2/c32-26-18-16-22(17-19-26)27-21-34-29(37)20-28(23-10-4-1-5-11-23)36(34)30(24-12-6-2-7-13-24)35(33-27)31(38)25-14-8-3-9-15-25/h1-19,28,30H,20-21H2/t28-,30-/m0/s1. The third kappa shape index (κ3) is 4.37. The number of hydrazone groups is 1. The molecule has 0 N–H and O–H groups in total. The summed E-state index contributed by atoms with van der Waals surface area (Å²) in [6.07, 6.45) is -0.435. The highest BCUT2D eigenvalue weighted by Gasteiger charge is 2.48. The minimum absolute atomic E-state index is 0.0661. The predicted molar refractivity (Wildman–Crippen MR) is 142 cm³/mol. The van der Waals surface area contributed by atoms with E-state index in [2.05, 4.69) is 0 Å². The van der Waals surface area contributed by atoms with Gasteiger partial charge in [0.25, 0.3) is 5.91 Å². The molecule has 2 aliphatic rings. The minimum atomic E-state index is -0.696. The summed E-state index contributed by atoms with van der Waals surface area (Å²) >= 11 is 0. The summed E-state index contributed by atoms with van der Waals surface area (Å²) in [6.45, 7) is 0.149. The van der Waals surface area contributed by atoms with Gasteiger partial charge in [-0.1, -0.05) is 91.0 Å². The Morgan fingerprint density at radius 1 is 0.763 bits per heavy atom. The Morgan fingerprint density at radius 3 is 1.97 bits per heavy atom. The highest BCUT2D eigenvalue weighted by Crippen LogP contribution is 2.43. The SMILES string of the molecule is O=C(c1ccccc1)N1N=C(c2ccc(F)cc2)CN2C(=O)C[C@@H](c3ccccc3)N2[C@H]1c1ccccc1. The Balaban J connectivity index is 1.57. The second-order valence-corrected chi connectivity index (χ2v) is 9.32. The number of carbonyl (C=O) groups is 2. The van der Waals surface area contributed by atoms with Crippen LogP contribution in [-0.2, 0) is 4.79 Å². The van der Waals surface area contributed by atoms with Gasteiger partial charge in [-0.2, -0.15) is 10.1 Å². The lowest BCUT2D eigenvalue weighted by atomic mass is 10.0. The van der Waals surface area contributed by atoms with Crippen molar-refractivity contribution in [1.29, 1.82) is 0 Å². The number of amides is 2. The molecule has 1 fully saturated rings. The van der Waals surface area contributed by atoms with E-state index >= 15 is 0 Å². The highest BCUT2D eigenvalue weighted by atomic mass is 19.1. The van der Waals surface area contributed by atoms with Crippen LogP contribution in [0.5, 0.6) is 0 Å². The van der Waals surface area contributed by atoms with Gasteiger partial charge in [0.1, 0.15) is 5.82 Å². The molecule has 6 rings (SSSR count). The molecular weight excluding hydrogens is 479 g/mol. The van der Waals surface area contributed by atoms with E-state index in [1.807, 2.05) is 83.9 Å². The van der Waals surface area contributed by atoms with Crippen LogP contribution < -0.4 is 0 Å². The van der Waals surface area contributed by atoms with E-state index in [0.717, 1.165) is 11.1 Å². The second-order valence-electron chi connectivity index (χ2n) is 9.32. The number of carbonyl (C=O) groups excluding carboxylic acids is 2. The fourth-order valence-electron chi connectivity index (χ4n) is 5.13. The van der Waals surface area contributed by atoms with Crippen molar-refractivity contribution in [3.8, 4) is 0 Å². The molecule has 0 unspecified atom stereocenters. The van der Waals surface area contributed by atoms with Crippen LogP contribution in [0, 0.1) is 5.82 Å². The summed E-state index contributed by atoms with van der Waals surface area (Å²) in [5.74, 6) is -0.735. The Bertz CT molecular complexity index is 1480. The van der Waals surface area contributed by atoms with Crippen LogP contribution in [-0.4, -0.2) is 39.1 Å². The molecule has 0 aliphatic carbocycles. The van der Waals surface area contributed by atoms with Gasteiger partial charge in [-0.05, 0) is 41.0 Å². The minimum Gasteiger partial charge on any atom is -0.273 e. The molecule has 4 aromatic rings. The van der Waals surface area contributed by atoms with Crippen LogP contribution in [0.1, 0.15) is 45.7 Å². The average molecular weight is 505 g/mol. The van der Waals surface area contributed by atoms with E-state index in [4.69, 9.17) is 5.10 Å². The first-order chi connectivity index (χ1) is 18.6. The van der Waals surface area contributed by atoms with Crippen LogP contribution in [0.4, 0.5) is 4.39 Å². The van der Waals surface area contributed by atoms with Gasteiger partial charge in [0, 0.05) is 12.0 Å². The molecule has 7 heteroatoms. The molecular formula is C31H25FN4O2. The van der Waals surface area contributed by atoms with Crippen molar-refractivity contribution in [2.75, 3.05) is 6.54 Å². The maximum atomic E-state index is 14.1. The number of halogens is 1. The van der Waals surface area contributed by atoms with E-state index in [-0.39, 0.29) is 36.6 Å². The summed E-state index contributed by atoms with van der Waals surface area (Å²) in [4.78, 5) is 27.7. The zero-order valence-electron chi connectivity index (χ0n) is 20.5. The number of hydrogen-bond donors (Lipinski definition) is 0. The molecule has 188 valence electrons. The molecule has 0 spiro atoms. The van der Waals surface area contributed by atoms with Crippen LogP contribution in [0.25, 0.3) is 0 Å². The molecule has 2 atom stereocenters. The molecule has 2 heterocycles. The highest BCUT2D eigenvalue weighted by molar-refractivity contribution is 6.05. The maximum absolute atomic E-state index is 14.1. The first-order valence-electron chi connectivity index (χ1n) is 12.5. The van der Waals surface area contributed by atoms with Crippen molar-refractivity contribution in [3.63, 3.8) is 0 Å². The van der Waals surface area contributed by atoms with Crippen LogP contribution >= 0.6 is 0 Å². The maximum Gasteiger partial charge on any atom is 0.275 e. The lowest BCUT2D eigenvalue weighted by molar-refractivity contribution is -0.146. The smallest absolute Gasteiger partial charge is 0.273 e. The summed E-state index contributed by atoms with van der Waals surface area (Å²) in [5, 5.41) is 10.0. The summed E-state index contributed by atoms with van der Waals surface area (Å²) < 4.78 is 13.8. The van der Waals surface area contributed by atoms with Crippen molar-refractivity contribution in [1.82, 2.24) is 15.0 Å². The van der Waals surface area contributed by atoms with Crippen molar-refractivity contribution in [3.05, 3.63) is 143 Å². The van der Waals surface area contributed by atoms with Crippen molar-refractivity contribution in [2.45, 2.75) is 18.6 Å². The molecule has 0 bridgehead atoms. The number of fused-ring (bicyclic) bond motifs is 1. The van der Waals surface area contributed by atoms with E-state index in [1.54, 1.807) is 29.3 Å². The fraction of sp³-hybridized carbons (Fsp3) is 0.129. The van der Waals surface area contributed by atoms with Crippen molar-refractivity contribution in [2.24, 2.45) is 5.10 Å². The molecule has 2 aliphatic heterocycles. The number of hydrogen-bond acceptors (Lipinski definition) is 4. The summed E-state index contributed by atoms with van der Waals surface area (Å²) in [7, 11) is 0. The Morgan fingerprint density at radius 2 is 1.34 bits per heavy atom. The third-order valence-corrected chi connectivity index (χ3v) is 6.95. The lowest BCUT2D eigenvalue weighted by Crippen LogP contribution is -2.48. The van der Waals surface area contributed by atoms with Gasteiger partial charge in [0.05, 0.1) is 18.3 Å². The van der Waals surface area contributed by atoms with Crippen LogP contribution in [0.2, 0.25) is 0 Å². The molecule has 2 amide bonds. The molecule has 38 heavy (non-hydrogen) atoms. The monoisotopic (exact) mass is 504 g/mol. The van der Waals surface area contributed by atoms with Gasteiger partial charge >= 0.3 is 0 Å². The van der Waals surface area contributed by atoms with Gasteiger partial charge in [0.15, 0.2) is 6.17 Å². The number of rotatable bonds is 4. The molecule has 6 nitrogen and oxygen atoms in total. The number of nitrogens with zero attached hydrogens (tertiary/aromatic N) is 4. The Labute approximate surface area is 220 Å². The van der Waals surface area contributed by atoms with Crippen LogP contribution in [0.15, 0.2) is 120 Å². The van der Waals surface area contributed by atoms with Crippen molar-refractivity contribution >= 4 is 17.5 Å². The molecule has 4 aromatic carbocycles. The number of hydrazine groups is 1. The lowest BCUT2D eigenvalue weighted by Gasteiger charge is -2.40. The van der Waals surface area contributed by atoms with Gasteiger partial charge in [-0.15, -0.1) is 0 Å². The van der Waals surface area contributed by atoms with Gasteiger partial charge < -0.3 is 0 Å². The van der Waals surface area contributed by atoms with E-state index in [1.165, 1.54) is 17.1 Å². The van der Waals surface area contributed by atoms with Crippen LogP contribution in [0.3, 0.4) is 0 Å². The largest absolute Gasteiger partial charge is 0.275 e. The third-order valence-electron chi connectivity index (χ3n) is 6.95. The Kier molecular flexibility index (Phi) is 6.27. The quantitative estimate of drug-likeness (QED) is 0.365. The summed E-state index contributed by atoms with van der Waals surface area (Å²) in [5.41, 5.74) is 3.41.